The number of amides is 1. The summed E-state index contributed by atoms with van der Waals surface area (Å²) in [6, 6.07) is 7.51. The van der Waals surface area contributed by atoms with Crippen molar-refractivity contribution in [3.63, 3.8) is 0 Å². The van der Waals surface area contributed by atoms with E-state index >= 15 is 0 Å². The van der Waals surface area contributed by atoms with Crippen molar-refractivity contribution >= 4 is 59.4 Å². The predicted molar refractivity (Wildman–Crippen MR) is 92.2 cm³/mol. The van der Waals surface area contributed by atoms with Crippen molar-refractivity contribution in [2.24, 2.45) is 0 Å². The fourth-order valence-corrected chi connectivity index (χ4v) is 3.55. The van der Waals surface area contributed by atoms with E-state index in [4.69, 9.17) is 0 Å². The van der Waals surface area contributed by atoms with Gasteiger partial charge in [-0.3, -0.25) is 4.79 Å². The standard InChI is InChI=1S/C14H13Br3N2O/c1-2-6-19-8-9(15)7-12(19)14(20)18-13-10(16)4-3-5-11(13)17/h3-5,7-8H,2,6H2,1H3,(H,18,20). The van der Waals surface area contributed by atoms with Crippen molar-refractivity contribution in [1.29, 1.82) is 0 Å². The number of benzene rings is 1. The van der Waals surface area contributed by atoms with Gasteiger partial charge in [0.1, 0.15) is 5.69 Å². The second-order valence-electron chi connectivity index (χ2n) is 4.29. The Morgan fingerprint density at radius 1 is 1.25 bits per heavy atom. The van der Waals surface area contributed by atoms with Crippen LogP contribution in [-0.4, -0.2) is 10.5 Å². The first-order valence-electron chi connectivity index (χ1n) is 6.14. The van der Waals surface area contributed by atoms with E-state index in [1.54, 1.807) is 0 Å². The third-order valence-electron chi connectivity index (χ3n) is 2.76. The van der Waals surface area contributed by atoms with Gasteiger partial charge in [-0.2, -0.15) is 0 Å². The van der Waals surface area contributed by atoms with E-state index in [0.717, 1.165) is 32.1 Å². The topological polar surface area (TPSA) is 34.0 Å². The number of anilines is 1. The van der Waals surface area contributed by atoms with Crippen molar-refractivity contribution in [1.82, 2.24) is 4.57 Å². The minimum atomic E-state index is -0.128. The number of nitrogens with zero attached hydrogens (tertiary/aromatic N) is 1. The Kier molecular flexibility index (Phi) is 5.46. The quantitative estimate of drug-likeness (QED) is 0.642. The molecule has 1 aromatic carbocycles. The molecular formula is C14H13Br3N2O. The molecule has 1 amide bonds. The summed E-state index contributed by atoms with van der Waals surface area (Å²) in [5.74, 6) is -0.128. The number of nitrogens with one attached hydrogen (secondary N) is 1. The minimum absolute atomic E-state index is 0.128. The maximum Gasteiger partial charge on any atom is 0.272 e. The molecule has 3 nitrogen and oxygen atoms in total. The maximum atomic E-state index is 12.4. The van der Waals surface area contributed by atoms with E-state index < -0.39 is 0 Å². The Labute approximate surface area is 143 Å². The normalized spacial score (nSPS) is 10.6. The van der Waals surface area contributed by atoms with Crippen LogP contribution in [0.3, 0.4) is 0 Å². The van der Waals surface area contributed by atoms with Gasteiger partial charge in [-0.15, -0.1) is 0 Å². The van der Waals surface area contributed by atoms with Gasteiger partial charge < -0.3 is 9.88 Å². The number of aromatic nitrogens is 1. The molecule has 1 heterocycles. The van der Waals surface area contributed by atoms with Gasteiger partial charge in [0.2, 0.25) is 0 Å². The first kappa shape index (κ1) is 15.8. The molecule has 0 saturated heterocycles. The Morgan fingerprint density at radius 2 is 1.90 bits per heavy atom. The average Bonchev–Trinajstić information content (AvgIpc) is 2.75. The zero-order chi connectivity index (χ0) is 14.7. The molecule has 20 heavy (non-hydrogen) atoms. The van der Waals surface area contributed by atoms with Gasteiger partial charge in [0.15, 0.2) is 0 Å². The van der Waals surface area contributed by atoms with Gasteiger partial charge in [-0.05, 0) is 72.4 Å². The van der Waals surface area contributed by atoms with Gasteiger partial charge in [0, 0.05) is 26.2 Å². The molecule has 0 aliphatic heterocycles. The molecule has 6 heteroatoms. The summed E-state index contributed by atoms with van der Waals surface area (Å²) in [5.41, 5.74) is 1.37. The summed E-state index contributed by atoms with van der Waals surface area (Å²) in [6.45, 7) is 2.89. The van der Waals surface area contributed by atoms with Gasteiger partial charge in [0.05, 0.1) is 5.69 Å². The van der Waals surface area contributed by atoms with Crippen LogP contribution in [0.4, 0.5) is 5.69 Å². The summed E-state index contributed by atoms with van der Waals surface area (Å²) in [5, 5.41) is 2.93. The Bertz CT molecular complexity index is 617. The molecule has 0 aliphatic rings. The molecule has 0 fully saturated rings. The molecule has 0 bridgehead atoms. The van der Waals surface area contributed by atoms with Gasteiger partial charge in [0.25, 0.3) is 5.91 Å². The average molecular weight is 465 g/mol. The molecule has 0 spiro atoms. The fourth-order valence-electron chi connectivity index (χ4n) is 1.89. The number of aryl methyl sites for hydroxylation is 1. The van der Waals surface area contributed by atoms with E-state index in [0.29, 0.717) is 5.69 Å². The zero-order valence-corrected chi connectivity index (χ0v) is 15.5. The number of hydrogen-bond acceptors (Lipinski definition) is 1. The summed E-state index contributed by atoms with van der Waals surface area (Å²) in [7, 11) is 0. The molecule has 106 valence electrons. The van der Waals surface area contributed by atoms with Gasteiger partial charge >= 0.3 is 0 Å². The van der Waals surface area contributed by atoms with E-state index in [1.807, 2.05) is 35.0 Å². The summed E-state index contributed by atoms with van der Waals surface area (Å²) < 4.78 is 4.53. The van der Waals surface area contributed by atoms with Crippen molar-refractivity contribution in [2.75, 3.05) is 5.32 Å². The number of rotatable bonds is 4. The van der Waals surface area contributed by atoms with E-state index in [-0.39, 0.29) is 5.91 Å². The van der Waals surface area contributed by atoms with Crippen LogP contribution in [0.2, 0.25) is 0 Å². The molecule has 0 atom stereocenters. The third kappa shape index (κ3) is 3.54. The van der Waals surface area contributed by atoms with Crippen LogP contribution in [-0.2, 0) is 6.54 Å². The van der Waals surface area contributed by atoms with Crippen LogP contribution in [0.15, 0.2) is 43.9 Å². The second-order valence-corrected chi connectivity index (χ2v) is 6.91. The highest BCUT2D eigenvalue weighted by Crippen LogP contribution is 2.31. The SMILES string of the molecule is CCCn1cc(Br)cc1C(=O)Nc1c(Br)cccc1Br. The number of hydrogen-bond donors (Lipinski definition) is 1. The highest BCUT2D eigenvalue weighted by atomic mass is 79.9. The largest absolute Gasteiger partial charge is 0.342 e. The van der Waals surface area contributed by atoms with Crippen molar-refractivity contribution in [3.8, 4) is 0 Å². The van der Waals surface area contributed by atoms with Gasteiger partial charge in [-0.1, -0.05) is 13.0 Å². The number of carbonyl (C=O) groups is 1. The second kappa shape index (κ2) is 6.91. The van der Waals surface area contributed by atoms with E-state index in [2.05, 4.69) is 60.0 Å². The van der Waals surface area contributed by atoms with Crippen molar-refractivity contribution < 1.29 is 4.79 Å². The third-order valence-corrected chi connectivity index (χ3v) is 4.52. The lowest BCUT2D eigenvalue weighted by molar-refractivity contribution is 0.101. The van der Waals surface area contributed by atoms with Crippen LogP contribution in [0.25, 0.3) is 0 Å². The molecule has 1 aromatic heterocycles. The fraction of sp³-hybridized carbons (Fsp3) is 0.214. The number of para-hydroxylation sites is 1. The molecular weight excluding hydrogens is 452 g/mol. The minimum Gasteiger partial charge on any atom is -0.342 e. The van der Waals surface area contributed by atoms with E-state index in [9.17, 15) is 4.79 Å². The molecule has 0 unspecified atom stereocenters. The molecule has 0 saturated carbocycles. The van der Waals surface area contributed by atoms with Gasteiger partial charge in [-0.25, -0.2) is 0 Å². The molecule has 0 aliphatic carbocycles. The van der Waals surface area contributed by atoms with Crippen LogP contribution in [0.1, 0.15) is 23.8 Å². The first-order valence-corrected chi connectivity index (χ1v) is 8.52. The van der Waals surface area contributed by atoms with Crippen LogP contribution >= 0.6 is 47.8 Å². The molecule has 1 N–H and O–H groups in total. The van der Waals surface area contributed by atoms with Crippen molar-refractivity contribution in [2.45, 2.75) is 19.9 Å². The monoisotopic (exact) mass is 462 g/mol. The molecule has 0 radical (unpaired) electrons. The summed E-state index contributed by atoms with van der Waals surface area (Å²) >= 11 is 10.3. The van der Waals surface area contributed by atoms with E-state index in [1.165, 1.54) is 0 Å². The summed E-state index contributed by atoms with van der Waals surface area (Å²) in [6.07, 6.45) is 2.90. The highest BCUT2D eigenvalue weighted by molar-refractivity contribution is 9.11. The maximum absolute atomic E-state index is 12.4. The van der Waals surface area contributed by atoms with Crippen LogP contribution < -0.4 is 5.32 Å². The van der Waals surface area contributed by atoms with Crippen LogP contribution in [0.5, 0.6) is 0 Å². The molecule has 2 rings (SSSR count). The Morgan fingerprint density at radius 3 is 2.50 bits per heavy atom. The summed E-state index contributed by atoms with van der Waals surface area (Å²) in [4.78, 5) is 12.4. The predicted octanol–water partition coefficient (Wildman–Crippen LogP) is 5.44. The number of carbonyl (C=O) groups excluding carboxylic acids is 1. The Hall–Kier alpha value is -0.590. The molecule has 2 aromatic rings. The lowest BCUT2D eigenvalue weighted by Gasteiger charge is -2.11. The first-order chi connectivity index (χ1) is 9.52. The smallest absolute Gasteiger partial charge is 0.272 e. The highest BCUT2D eigenvalue weighted by Gasteiger charge is 2.15. The zero-order valence-electron chi connectivity index (χ0n) is 10.8. The lowest BCUT2D eigenvalue weighted by Crippen LogP contribution is -2.17. The Balaban J connectivity index is 2.28. The van der Waals surface area contributed by atoms with Crippen LogP contribution in [0, 0.1) is 0 Å². The van der Waals surface area contributed by atoms with Crippen molar-refractivity contribution in [3.05, 3.63) is 49.6 Å². The number of halogens is 3. The lowest BCUT2D eigenvalue weighted by atomic mass is 10.3.